The zero-order valence-electron chi connectivity index (χ0n) is 25.5. The normalized spacial score (nSPS) is 19.0. The molecule has 0 heterocycles. The standard InChI is InChI=1S/C21H33ClF18O2Si4/c1-10(23)14(25,26)16(29,30)18(33,34)20(37,38)45(6,7)41-13(43-12(3)44(4,5)22)42-46(8,9)21(39,40)19(35,36)17(31,32)15(27,28)11(2)24/h10-13H,43H2,1-9H3. The Balaban J connectivity index is 7.11. The highest BCUT2D eigenvalue weighted by Crippen LogP contribution is 2.58. The Hall–Kier alpha value is -0.182. The fourth-order valence-electron chi connectivity index (χ4n) is 3.56. The number of hydrogen-bond donors (Lipinski definition) is 0. The second kappa shape index (κ2) is 13.2. The first-order valence-electron chi connectivity index (χ1n) is 12.9. The lowest BCUT2D eigenvalue weighted by Gasteiger charge is -2.46. The number of halogens is 19. The van der Waals surface area contributed by atoms with Crippen LogP contribution in [0.2, 0.25) is 44.4 Å². The Morgan fingerprint density at radius 3 is 0.935 bits per heavy atom. The van der Waals surface area contributed by atoms with Crippen LogP contribution in [0.25, 0.3) is 0 Å². The van der Waals surface area contributed by atoms with Gasteiger partial charge >= 0.3 is 46.6 Å². The number of rotatable bonds is 17. The number of hydrogen-bond acceptors (Lipinski definition) is 2. The van der Waals surface area contributed by atoms with Gasteiger partial charge < -0.3 is 8.85 Å². The Kier molecular flexibility index (Phi) is 13.1. The minimum Gasteiger partial charge on any atom is -0.390 e. The van der Waals surface area contributed by atoms with E-state index in [9.17, 15) is 61.5 Å². The van der Waals surface area contributed by atoms with Crippen LogP contribution in [0.1, 0.15) is 20.8 Å². The summed E-state index contributed by atoms with van der Waals surface area (Å²) in [6.07, 6.45) is -8.23. The van der Waals surface area contributed by atoms with Crippen LogP contribution in [0.3, 0.4) is 0 Å². The van der Waals surface area contributed by atoms with Gasteiger partial charge in [0.2, 0.25) is 0 Å². The SMILES string of the molecule is CC(F)C(F)(F)C(F)(F)C(F)(F)C(F)(F)[Si](C)(C)OC(O[Si](C)(C)C(F)(F)C(F)(F)C(F)(F)C(F)(F)C(C)F)[SiH2]C(C)[Si](C)(C)Cl. The summed E-state index contributed by atoms with van der Waals surface area (Å²) in [5, 5.41) is -0.992. The lowest BCUT2D eigenvalue weighted by molar-refractivity contribution is -0.362. The first-order chi connectivity index (χ1) is 19.6. The second-order valence-electron chi connectivity index (χ2n) is 12.3. The van der Waals surface area contributed by atoms with Gasteiger partial charge in [-0.15, -0.1) is 0 Å². The van der Waals surface area contributed by atoms with E-state index in [-0.39, 0.29) is 40.0 Å². The molecule has 0 saturated heterocycles. The third-order valence-electron chi connectivity index (χ3n) is 7.50. The summed E-state index contributed by atoms with van der Waals surface area (Å²) >= 11 is 6.19. The van der Waals surface area contributed by atoms with Crippen LogP contribution < -0.4 is 0 Å². The maximum Gasteiger partial charge on any atom is 0.380 e. The Morgan fingerprint density at radius 2 is 0.739 bits per heavy atom. The van der Waals surface area contributed by atoms with Gasteiger partial charge in [0, 0.05) is 0 Å². The molecule has 0 aliphatic rings. The fraction of sp³-hybridized carbons (Fsp3) is 1.00. The predicted octanol–water partition coefficient (Wildman–Crippen LogP) is 9.55. The van der Waals surface area contributed by atoms with Gasteiger partial charge in [0.25, 0.3) is 16.6 Å². The van der Waals surface area contributed by atoms with Crippen LogP contribution >= 0.6 is 11.1 Å². The largest absolute Gasteiger partial charge is 0.390 e. The van der Waals surface area contributed by atoms with Crippen LogP contribution in [0, 0.1) is 0 Å². The average molecular weight is 807 g/mol. The monoisotopic (exact) mass is 806 g/mol. The van der Waals surface area contributed by atoms with Gasteiger partial charge in [0.05, 0.1) is 9.52 Å². The van der Waals surface area contributed by atoms with E-state index in [2.05, 4.69) is 0 Å². The third kappa shape index (κ3) is 7.45. The summed E-state index contributed by atoms with van der Waals surface area (Å²) in [5.74, 6) is -44.1. The molecule has 0 fully saturated rings. The Morgan fingerprint density at radius 1 is 0.500 bits per heavy atom. The third-order valence-corrected chi connectivity index (χ3v) is 23.0. The van der Waals surface area contributed by atoms with Crippen LogP contribution in [0.4, 0.5) is 79.0 Å². The van der Waals surface area contributed by atoms with Crippen molar-refractivity contribution in [1.29, 1.82) is 0 Å². The molecule has 2 nitrogen and oxygen atoms in total. The summed E-state index contributed by atoms with van der Waals surface area (Å²) in [7, 11) is -18.1. The number of alkyl halides is 18. The van der Waals surface area contributed by atoms with Gasteiger partial charge in [-0.25, -0.2) is 26.3 Å². The quantitative estimate of drug-likeness (QED) is 0.0632. The summed E-state index contributed by atoms with van der Waals surface area (Å²) in [5.41, 5.74) is -12.7. The fourth-order valence-corrected chi connectivity index (χ4v) is 14.7. The minimum absolute atomic E-state index is 0.0225. The molecule has 0 amide bonds. The molecule has 278 valence electrons. The first kappa shape index (κ1) is 45.8. The van der Waals surface area contributed by atoms with Gasteiger partial charge in [-0.3, -0.25) is 0 Å². The van der Waals surface area contributed by atoms with E-state index < -0.39 is 104 Å². The highest BCUT2D eigenvalue weighted by atomic mass is 35.6. The van der Waals surface area contributed by atoms with Crippen molar-refractivity contribution in [1.82, 2.24) is 0 Å². The van der Waals surface area contributed by atoms with E-state index >= 15 is 17.6 Å². The molecule has 0 radical (unpaired) electrons. The van der Waals surface area contributed by atoms with E-state index in [0.29, 0.717) is 0 Å². The van der Waals surface area contributed by atoms with Crippen molar-refractivity contribution in [2.24, 2.45) is 0 Å². The lowest BCUT2D eigenvalue weighted by atomic mass is 10.0. The van der Waals surface area contributed by atoms with Crippen molar-refractivity contribution in [3.05, 3.63) is 0 Å². The van der Waals surface area contributed by atoms with E-state index in [1.54, 1.807) is 0 Å². The van der Waals surface area contributed by atoms with Crippen molar-refractivity contribution in [3.63, 3.8) is 0 Å². The van der Waals surface area contributed by atoms with Gasteiger partial charge in [-0.1, -0.05) is 20.0 Å². The molecule has 0 aromatic rings. The Labute approximate surface area is 262 Å². The average Bonchev–Trinajstić information content (AvgIpc) is 2.81. The summed E-state index contributed by atoms with van der Waals surface area (Å²) in [6.45, 7) is 3.09. The lowest BCUT2D eigenvalue weighted by Crippen LogP contribution is -2.73. The topological polar surface area (TPSA) is 18.5 Å². The summed E-state index contributed by atoms with van der Waals surface area (Å²) in [6, 6.07) is 0. The zero-order valence-corrected chi connectivity index (χ0v) is 30.7. The highest BCUT2D eigenvalue weighted by molar-refractivity contribution is 7.22. The molecule has 0 spiro atoms. The minimum atomic E-state index is -7.13. The van der Waals surface area contributed by atoms with E-state index in [4.69, 9.17) is 19.9 Å². The van der Waals surface area contributed by atoms with Crippen molar-refractivity contribution in [2.75, 3.05) is 0 Å². The molecule has 0 rings (SSSR count). The smallest absolute Gasteiger partial charge is 0.380 e. The van der Waals surface area contributed by atoms with Gasteiger partial charge in [-0.2, -0.15) is 63.8 Å². The molecule has 0 aliphatic heterocycles. The molecular weight excluding hydrogens is 774 g/mol. The van der Waals surface area contributed by atoms with Crippen molar-refractivity contribution in [3.8, 4) is 0 Å². The van der Waals surface area contributed by atoms with Gasteiger partial charge in [0.15, 0.2) is 12.3 Å². The molecule has 3 atom stereocenters. The van der Waals surface area contributed by atoms with Crippen LogP contribution in [-0.4, -0.2) is 98.4 Å². The molecule has 0 N–H and O–H groups in total. The summed E-state index contributed by atoms with van der Waals surface area (Å²) in [4.78, 5) is 0. The zero-order chi connectivity index (χ0) is 37.9. The molecule has 0 aromatic heterocycles. The van der Waals surface area contributed by atoms with Crippen molar-refractivity contribution >= 4 is 44.6 Å². The molecule has 0 saturated carbocycles. The maximum atomic E-state index is 15.1. The van der Waals surface area contributed by atoms with E-state index in [0.717, 1.165) is 0 Å². The second-order valence-corrected chi connectivity index (χ2v) is 30.3. The molecule has 46 heavy (non-hydrogen) atoms. The van der Waals surface area contributed by atoms with Gasteiger partial charge in [0.1, 0.15) is 13.3 Å². The Bertz CT molecular complexity index is 980. The highest BCUT2D eigenvalue weighted by Gasteiger charge is 2.87. The van der Waals surface area contributed by atoms with Crippen molar-refractivity contribution < 1.29 is 87.9 Å². The van der Waals surface area contributed by atoms with Crippen molar-refractivity contribution in [2.45, 2.75) is 130 Å². The van der Waals surface area contributed by atoms with Gasteiger partial charge in [-0.05, 0) is 45.2 Å². The molecule has 25 heteroatoms. The molecule has 0 aromatic carbocycles. The molecular formula is C21H33ClF18O2Si4. The maximum absolute atomic E-state index is 15.1. The van der Waals surface area contributed by atoms with E-state index in [1.165, 1.54) is 20.0 Å². The first-order valence-corrected chi connectivity index (χ1v) is 24.5. The predicted molar refractivity (Wildman–Crippen MR) is 143 cm³/mol. The van der Waals surface area contributed by atoms with Crippen LogP contribution in [-0.2, 0) is 8.85 Å². The van der Waals surface area contributed by atoms with Crippen LogP contribution in [0.5, 0.6) is 0 Å². The molecule has 0 aliphatic carbocycles. The van der Waals surface area contributed by atoms with E-state index in [1.807, 2.05) is 0 Å². The molecule has 0 bridgehead atoms. The summed E-state index contributed by atoms with van der Waals surface area (Å²) < 4.78 is 266. The molecule has 3 unspecified atom stereocenters. The van der Waals surface area contributed by atoms with Crippen LogP contribution in [0.15, 0.2) is 0 Å².